The second-order valence-electron chi connectivity index (χ2n) is 19.2. The Balaban J connectivity index is 0.000000120. The van der Waals surface area contributed by atoms with Crippen LogP contribution < -0.4 is 42.6 Å². The van der Waals surface area contributed by atoms with Crippen molar-refractivity contribution in [1.82, 2.24) is 14.7 Å². The minimum Gasteiger partial charge on any atom is -0.508 e. The highest BCUT2D eigenvalue weighted by Crippen LogP contribution is 2.45. The van der Waals surface area contributed by atoms with Crippen molar-refractivity contribution in [3.8, 4) is 68.6 Å². The van der Waals surface area contributed by atoms with Gasteiger partial charge < -0.3 is 47.7 Å². The molecule has 0 fully saturated rings. The van der Waals surface area contributed by atoms with Gasteiger partial charge >= 0.3 is 0 Å². The molecule has 0 bridgehead atoms. The standard InChI is InChI=1S/C23H21NO3.C20H23NO4.C18H19NO3/c25-21-7-5-17(18-6-8-22-23(12-18)27-15-26-22)11-20(21)14-24-10-9-16-3-1-2-4-19(16)13-24;1-4-21-8-7-13-9-17(22-2)18(23-3)11-15(13)20(21)14-5-6-16-19(10-14)25-12-24-16;1-20-16-8-13(9-17-18(16)22-12-21-17)10-19-7-6-14-4-2-3-5-15(14)11-19/h1-8,11-12,25H,9-10,13-15H2;5-6,9-11,20H,4,7-8,12H2,1-3H3;2-5,8-9H,6-7,10-12H2,1H3. The summed E-state index contributed by atoms with van der Waals surface area (Å²) in [5.41, 5.74) is 13.8. The summed E-state index contributed by atoms with van der Waals surface area (Å²) in [7, 11) is 5.03. The summed E-state index contributed by atoms with van der Waals surface area (Å²) >= 11 is 0. The van der Waals surface area contributed by atoms with Crippen molar-refractivity contribution in [2.75, 3.05) is 67.9 Å². The number of hydrogen-bond acceptors (Lipinski definition) is 13. The highest BCUT2D eigenvalue weighted by molar-refractivity contribution is 5.69. The van der Waals surface area contributed by atoms with Crippen LogP contribution in [0.2, 0.25) is 0 Å². The van der Waals surface area contributed by atoms with Gasteiger partial charge in [0.2, 0.25) is 26.1 Å². The second kappa shape index (κ2) is 21.9. The normalized spacial score (nSPS) is 16.9. The molecule has 0 aliphatic carbocycles. The van der Waals surface area contributed by atoms with Gasteiger partial charge in [-0.15, -0.1) is 0 Å². The molecule has 6 aliphatic rings. The zero-order valence-electron chi connectivity index (χ0n) is 42.6. The van der Waals surface area contributed by atoms with Gasteiger partial charge in [0, 0.05) is 51.4 Å². The largest absolute Gasteiger partial charge is 0.508 e. The minimum atomic E-state index is 0.169. The monoisotopic (exact) mass is 997 g/mol. The maximum absolute atomic E-state index is 10.4. The van der Waals surface area contributed by atoms with Gasteiger partial charge in [0.1, 0.15) is 5.75 Å². The minimum absolute atomic E-state index is 0.169. The number of phenols is 1. The van der Waals surface area contributed by atoms with E-state index in [1.165, 1.54) is 44.5 Å². The molecule has 382 valence electrons. The smallest absolute Gasteiger partial charge is 0.231 e. The van der Waals surface area contributed by atoms with Gasteiger partial charge in [-0.25, -0.2) is 0 Å². The first-order valence-corrected chi connectivity index (χ1v) is 25.5. The molecule has 13 heteroatoms. The third kappa shape index (κ3) is 10.3. The Hall–Kier alpha value is -7.58. The van der Waals surface area contributed by atoms with Gasteiger partial charge in [-0.1, -0.05) is 73.7 Å². The lowest BCUT2D eigenvalue weighted by molar-refractivity contribution is 0.171. The molecule has 0 spiro atoms. The summed E-state index contributed by atoms with van der Waals surface area (Å²) in [4.78, 5) is 7.33. The Labute approximate surface area is 433 Å². The first-order chi connectivity index (χ1) is 36.3. The van der Waals surface area contributed by atoms with Crippen molar-refractivity contribution >= 4 is 0 Å². The molecule has 0 saturated heterocycles. The topological polar surface area (TPSA) is 113 Å². The molecule has 0 radical (unpaired) electrons. The molecule has 1 N–H and O–H groups in total. The summed E-state index contributed by atoms with van der Waals surface area (Å²) < 4.78 is 49.3. The summed E-state index contributed by atoms with van der Waals surface area (Å²) in [6, 6.07) is 43.8. The third-order valence-electron chi connectivity index (χ3n) is 14.8. The lowest BCUT2D eigenvalue weighted by atomic mass is 9.87. The first-order valence-electron chi connectivity index (χ1n) is 25.5. The Morgan fingerprint density at radius 1 is 0.500 bits per heavy atom. The van der Waals surface area contributed by atoms with Crippen LogP contribution in [0.4, 0.5) is 0 Å². The van der Waals surface area contributed by atoms with E-state index in [1.807, 2.05) is 36.4 Å². The third-order valence-corrected chi connectivity index (χ3v) is 14.8. The van der Waals surface area contributed by atoms with Crippen LogP contribution in [0.15, 0.2) is 127 Å². The van der Waals surface area contributed by atoms with E-state index in [-0.39, 0.29) is 19.6 Å². The summed E-state index contributed by atoms with van der Waals surface area (Å²) in [6.45, 7) is 10.6. The number of hydrogen-bond donors (Lipinski definition) is 1. The maximum Gasteiger partial charge on any atom is 0.231 e. The number of fused-ring (bicyclic) bond motifs is 6. The van der Waals surface area contributed by atoms with Crippen LogP contribution in [0.5, 0.6) is 57.5 Å². The Kier molecular flexibility index (Phi) is 14.4. The number of methoxy groups -OCH3 is 3. The SMILES string of the molecule is CCN1CCc2cc(OC)c(OC)cc2C1c1ccc2c(c1)OCO2.COc1cc(CN2CCc3ccccc3C2)cc2c1OCO2.Oc1ccc(-c2ccc3c(c2)OCO3)cc1CN1CCc2ccccc2C1. The molecule has 7 aromatic rings. The average molecular weight is 998 g/mol. The van der Waals surface area contributed by atoms with Crippen LogP contribution >= 0.6 is 0 Å². The quantitative estimate of drug-likeness (QED) is 0.140. The van der Waals surface area contributed by atoms with Crippen LogP contribution in [-0.4, -0.2) is 87.7 Å². The fraction of sp³-hybridized carbons (Fsp3) is 0.311. The zero-order valence-corrected chi connectivity index (χ0v) is 42.6. The van der Waals surface area contributed by atoms with E-state index in [0.717, 1.165) is 140 Å². The number of likely N-dealkylation sites (N-methyl/N-ethyl adjacent to an activating group) is 1. The van der Waals surface area contributed by atoms with Crippen molar-refractivity contribution < 1.29 is 47.7 Å². The molecule has 6 aliphatic heterocycles. The Morgan fingerprint density at radius 3 is 1.76 bits per heavy atom. The number of nitrogens with zero attached hydrogens (tertiary/aromatic N) is 3. The van der Waals surface area contributed by atoms with Gasteiger partial charge in [-0.2, -0.15) is 0 Å². The zero-order chi connectivity index (χ0) is 50.5. The molecule has 0 amide bonds. The molecule has 13 rings (SSSR count). The summed E-state index contributed by atoms with van der Waals surface area (Å²) in [6.07, 6.45) is 3.17. The van der Waals surface area contributed by atoms with E-state index in [4.69, 9.17) is 42.6 Å². The van der Waals surface area contributed by atoms with E-state index in [1.54, 1.807) is 27.4 Å². The van der Waals surface area contributed by atoms with Crippen molar-refractivity contribution in [1.29, 1.82) is 0 Å². The van der Waals surface area contributed by atoms with Crippen LogP contribution in [0.1, 0.15) is 63.0 Å². The van der Waals surface area contributed by atoms with E-state index in [9.17, 15) is 5.11 Å². The van der Waals surface area contributed by atoms with E-state index < -0.39 is 0 Å². The Bertz CT molecular complexity index is 3140. The maximum atomic E-state index is 10.4. The highest BCUT2D eigenvalue weighted by Gasteiger charge is 2.31. The van der Waals surface area contributed by atoms with Crippen LogP contribution in [0.25, 0.3) is 11.1 Å². The van der Waals surface area contributed by atoms with E-state index in [0.29, 0.717) is 12.5 Å². The van der Waals surface area contributed by atoms with Gasteiger partial charge in [-0.3, -0.25) is 14.7 Å². The lowest BCUT2D eigenvalue weighted by Crippen LogP contribution is -2.36. The molecule has 1 unspecified atom stereocenters. The van der Waals surface area contributed by atoms with Crippen molar-refractivity contribution in [3.05, 3.63) is 177 Å². The molecular weight excluding hydrogens is 935 g/mol. The molecular formula is C61H63N3O10. The van der Waals surface area contributed by atoms with Crippen molar-refractivity contribution in [3.63, 3.8) is 0 Å². The van der Waals surface area contributed by atoms with Crippen LogP contribution in [-0.2, 0) is 45.4 Å². The highest BCUT2D eigenvalue weighted by atomic mass is 16.7. The number of rotatable bonds is 10. The number of benzene rings is 7. The summed E-state index contributed by atoms with van der Waals surface area (Å²) in [5.74, 6) is 7.35. The average Bonchev–Trinajstić information content (AvgIpc) is 4.25. The molecule has 0 saturated carbocycles. The predicted octanol–water partition coefficient (Wildman–Crippen LogP) is 10.7. The van der Waals surface area contributed by atoms with Crippen molar-refractivity contribution in [2.24, 2.45) is 0 Å². The molecule has 7 aromatic carbocycles. The van der Waals surface area contributed by atoms with Gasteiger partial charge in [0.25, 0.3) is 0 Å². The van der Waals surface area contributed by atoms with Crippen molar-refractivity contribution in [2.45, 2.75) is 58.4 Å². The molecule has 13 nitrogen and oxygen atoms in total. The molecule has 1 atom stereocenters. The summed E-state index contributed by atoms with van der Waals surface area (Å²) in [5, 5.41) is 10.4. The van der Waals surface area contributed by atoms with E-state index in [2.05, 4.69) is 107 Å². The first kappa shape index (κ1) is 48.7. The predicted molar refractivity (Wildman–Crippen MR) is 282 cm³/mol. The number of ether oxygens (including phenoxy) is 9. The molecule has 6 heterocycles. The fourth-order valence-corrected chi connectivity index (χ4v) is 10.9. The lowest BCUT2D eigenvalue weighted by Gasteiger charge is -2.37. The van der Waals surface area contributed by atoms with E-state index >= 15 is 0 Å². The van der Waals surface area contributed by atoms with Gasteiger partial charge in [0.05, 0.1) is 27.4 Å². The molecule has 0 aromatic heterocycles. The number of phenolic OH excluding ortho intramolecular Hbond substituents is 1. The molecule has 74 heavy (non-hydrogen) atoms. The Morgan fingerprint density at radius 2 is 1.07 bits per heavy atom. The van der Waals surface area contributed by atoms with Gasteiger partial charge in [-0.05, 0) is 142 Å². The van der Waals surface area contributed by atoms with Gasteiger partial charge in [0.15, 0.2) is 46.0 Å². The van der Waals surface area contributed by atoms with Crippen LogP contribution in [0.3, 0.4) is 0 Å². The number of aromatic hydroxyl groups is 1. The second-order valence-corrected chi connectivity index (χ2v) is 19.2. The van der Waals surface area contributed by atoms with Crippen LogP contribution in [0, 0.1) is 0 Å². The fourth-order valence-electron chi connectivity index (χ4n) is 10.9.